The Labute approximate surface area is 145 Å². The summed E-state index contributed by atoms with van der Waals surface area (Å²) in [5, 5.41) is 14.7. The van der Waals surface area contributed by atoms with Crippen molar-refractivity contribution < 1.29 is 24.2 Å². The largest absolute Gasteiger partial charge is 0.480 e. The highest BCUT2D eigenvalue weighted by atomic mass is 16.5. The first kappa shape index (κ1) is 17.2. The smallest absolute Gasteiger partial charge is 0.326 e. The average molecular weight is 347 g/mol. The Balaban J connectivity index is 1.67. The summed E-state index contributed by atoms with van der Waals surface area (Å²) in [6, 6.07) is 5.40. The van der Waals surface area contributed by atoms with E-state index in [0.29, 0.717) is 44.0 Å². The van der Waals surface area contributed by atoms with Crippen LogP contribution in [0.4, 0.5) is 10.5 Å². The molecule has 2 aliphatic heterocycles. The lowest BCUT2D eigenvalue weighted by Crippen LogP contribution is -2.48. The first-order chi connectivity index (χ1) is 12.1. The number of carbonyl (C=O) groups is 3. The van der Waals surface area contributed by atoms with Crippen molar-refractivity contribution in [1.82, 2.24) is 10.6 Å². The fourth-order valence-corrected chi connectivity index (χ4v) is 3.15. The SMILES string of the molecule is O=C(N[C@@H](C(=O)O)[C@@H]1CCCOC1)c1ccc(N2CCNC2=O)cc1. The minimum Gasteiger partial charge on any atom is -0.480 e. The predicted molar refractivity (Wildman–Crippen MR) is 89.6 cm³/mol. The molecule has 0 radical (unpaired) electrons. The summed E-state index contributed by atoms with van der Waals surface area (Å²) in [4.78, 5) is 37.1. The molecule has 3 amide bonds. The molecule has 134 valence electrons. The first-order valence-corrected chi connectivity index (χ1v) is 8.33. The van der Waals surface area contributed by atoms with Gasteiger partial charge in [-0.3, -0.25) is 9.69 Å². The van der Waals surface area contributed by atoms with E-state index in [4.69, 9.17) is 4.74 Å². The molecule has 3 N–H and O–H groups in total. The molecule has 1 aromatic rings. The van der Waals surface area contributed by atoms with Gasteiger partial charge in [-0.15, -0.1) is 0 Å². The molecule has 8 heteroatoms. The van der Waals surface area contributed by atoms with Crippen LogP contribution in [0.3, 0.4) is 0 Å². The number of ether oxygens (including phenoxy) is 1. The number of urea groups is 1. The third-order valence-electron chi connectivity index (χ3n) is 4.52. The quantitative estimate of drug-likeness (QED) is 0.731. The number of hydrogen-bond donors (Lipinski definition) is 3. The maximum atomic E-state index is 12.4. The zero-order chi connectivity index (χ0) is 17.8. The summed E-state index contributed by atoms with van der Waals surface area (Å²) in [5.74, 6) is -1.74. The number of benzene rings is 1. The Morgan fingerprint density at radius 2 is 2.08 bits per heavy atom. The zero-order valence-electron chi connectivity index (χ0n) is 13.7. The molecule has 3 rings (SSSR count). The Morgan fingerprint density at radius 3 is 2.64 bits per heavy atom. The minimum absolute atomic E-state index is 0.166. The van der Waals surface area contributed by atoms with E-state index in [1.54, 1.807) is 29.2 Å². The molecule has 0 aliphatic carbocycles. The van der Waals surface area contributed by atoms with Crippen molar-refractivity contribution in [3.05, 3.63) is 29.8 Å². The van der Waals surface area contributed by atoms with Crippen LogP contribution in [-0.2, 0) is 9.53 Å². The van der Waals surface area contributed by atoms with Gasteiger partial charge in [0.05, 0.1) is 6.61 Å². The molecule has 0 unspecified atom stereocenters. The molecule has 2 aliphatic rings. The van der Waals surface area contributed by atoms with Crippen LogP contribution in [-0.4, -0.2) is 55.4 Å². The lowest BCUT2D eigenvalue weighted by molar-refractivity contribution is -0.142. The fraction of sp³-hybridized carbons (Fsp3) is 0.471. The number of nitrogens with one attached hydrogen (secondary N) is 2. The van der Waals surface area contributed by atoms with Gasteiger partial charge in [0.2, 0.25) is 0 Å². The highest BCUT2D eigenvalue weighted by Crippen LogP contribution is 2.20. The zero-order valence-corrected chi connectivity index (χ0v) is 13.7. The minimum atomic E-state index is -1.06. The summed E-state index contributed by atoms with van der Waals surface area (Å²) in [6.45, 7) is 2.13. The Morgan fingerprint density at radius 1 is 1.32 bits per heavy atom. The first-order valence-electron chi connectivity index (χ1n) is 8.33. The van der Waals surface area contributed by atoms with Crippen LogP contribution in [0.25, 0.3) is 0 Å². The normalized spacial score (nSPS) is 21.5. The van der Waals surface area contributed by atoms with E-state index in [9.17, 15) is 19.5 Å². The van der Waals surface area contributed by atoms with E-state index in [0.717, 1.165) is 6.42 Å². The van der Waals surface area contributed by atoms with E-state index in [1.165, 1.54) is 0 Å². The molecule has 2 fully saturated rings. The summed E-state index contributed by atoms with van der Waals surface area (Å²) < 4.78 is 5.33. The number of anilines is 1. The van der Waals surface area contributed by atoms with Gasteiger partial charge in [0.15, 0.2) is 0 Å². The van der Waals surface area contributed by atoms with Crippen molar-refractivity contribution >= 4 is 23.6 Å². The second kappa shape index (κ2) is 7.52. The van der Waals surface area contributed by atoms with E-state index in [1.807, 2.05) is 0 Å². The third kappa shape index (κ3) is 3.90. The van der Waals surface area contributed by atoms with Gasteiger partial charge < -0.3 is 20.5 Å². The van der Waals surface area contributed by atoms with Gasteiger partial charge in [0, 0.05) is 36.9 Å². The van der Waals surface area contributed by atoms with Crippen LogP contribution >= 0.6 is 0 Å². The molecule has 0 spiro atoms. The summed E-state index contributed by atoms with van der Waals surface area (Å²) in [5.41, 5.74) is 1.05. The second-order valence-corrected chi connectivity index (χ2v) is 6.20. The Hall–Kier alpha value is -2.61. The molecule has 2 atom stereocenters. The molecule has 2 saturated heterocycles. The molecule has 0 saturated carbocycles. The summed E-state index contributed by atoms with van der Waals surface area (Å²) >= 11 is 0. The van der Waals surface area contributed by atoms with Crippen LogP contribution in [0.15, 0.2) is 24.3 Å². The molecule has 25 heavy (non-hydrogen) atoms. The molecular weight excluding hydrogens is 326 g/mol. The lowest BCUT2D eigenvalue weighted by atomic mass is 9.93. The van der Waals surface area contributed by atoms with Gasteiger partial charge in [0.1, 0.15) is 6.04 Å². The maximum Gasteiger partial charge on any atom is 0.326 e. The predicted octanol–water partition coefficient (Wildman–Crippen LogP) is 0.826. The number of hydrogen-bond acceptors (Lipinski definition) is 4. The van der Waals surface area contributed by atoms with E-state index < -0.39 is 17.9 Å². The Kier molecular flexibility index (Phi) is 5.18. The highest BCUT2D eigenvalue weighted by molar-refractivity contribution is 5.98. The van der Waals surface area contributed by atoms with Crippen molar-refractivity contribution in [3.63, 3.8) is 0 Å². The third-order valence-corrected chi connectivity index (χ3v) is 4.52. The lowest BCUT2D eigenvalue weighted by Gasteiger charge is -2.28. The van der Waals surface area contributed by atoms with Gasteiger partial charge in [-0.1, -0.05) is 0 Å². The van der Waals surface area contributed by atoms with Crippen LogP contribution in [0.2, 0.25) is 0 Å². The number of rotatable bonds is 5. The van der Waals surface area contributed by atoms with Gasteiger partial charge in [-0.2, -0.15) is 0 Å². The number of carboxylic acid groups (broad SMARTS) is 1. The van der Waals surface area contributed by atoms with Crippen molar-refractivity contribution in [2.75, 3.05) is 31.2 Å². The topological polar surface area (TPSA) is 108 Å². The second-order valence-electron chi connectivity index (χ2n) is 6.20. The van der Waals surface area contributed by atoms with Crippen LogP contribution in [0.5, 0.6) is 0 Å². The summed E-state index contributed by atoms with van der Waals surface area (Å²) in [7, 11) is 0. The molecule has 2 heterocycles. The van der Waals surface area contributed by atoms with Crippen LogP contribution in [0, 0.1) is 5.92 Å². The fourth-order valence-electron chi connectivity index (χ4n) is 3.15. The monoisotopic (exact) mass is 347 g/mol. The van der Waals surface area contributed by atoms with E-state index >= 15 is 0 Å². The number of amides is 3. The standard InChI is InChI=1S/C17H21N3O5/c21-15(19-14(16(22)23)12-2-1-9-25-10-12)11-3-5-13(6-4-11)20-8-7-18-17(20)24/h3-6,12,14H,1-2,7-10H2,(H,18,24)(H,19,21)(H,22,23)/t12-,14-/m1/s1. The molecule has 0 bridgehead atoms. The van der Waals surface area contributed by atoms with Crippen molar-refractivity contribution in [3.8, 4) is 0 Å². The molecule has 8 nitrogen and oxygen atoms in total. The average Bonchev–Trinajstić information content (AvgIpc) is 3.06. The summed E-state index contributed by atoms with van der Waals surface area (Å²) in [6.07, 6.45) is 1.50. The van der Waals surface area contributed by atoms with Crippen LogP contribution < -0.4 is 15.5 Å². The molecular formula is C17H21N3O5. The number of carbonyl (C=O) groups excluding carboxylic acids is 2. The highest BCUT2D eigenvalue weighted by Gasteiger charge is 2.31. The molecule has 0 aromatic heterocycles. The number of nitrogens with zero attached hydrogens (tertiary/aromatic N) is 1. The van der Waals surface area contributed by atoms with E-state index in [-0.39, 0.29) is 11.9 Å². The number of carboxylic acids is 1. The molecule has 1 aromatic carbocycles. The van der Waals surface area contributed by atoms with Crippen molar-refractivity contribution in [2.24, 2.45) is 5.92 Å². The van der Waals surface area contributed by atoms with Gasteiger partial charge in [0.25, 0.3) is 5.91 Å². The van der Waals surface area contributed by atoms with Gasteiger partial charge in [-0.05, 0) is 37.1 Å². The van der Waals surface area contributed by atoms with Crippen LogP contribution in [0.1, 0.15) is 23.2 Å². The van der Waals surface area contributed by atoms with Gasteiger partial charge in [-0.25, -0.2) is 9.59 Å². The van der Waals surface area contributed by atoms with Gasteiger partial charge >= 0.3 is 12.0 Å². The van der Waals surface area contributed by atoms with Crippen molar-refractivity contribution in [1.29, 1.82) is 0 Å². The number of aliphatic carboxylic acids is 1. The van der Waals surface area contributed by atoms with E-state index in [2.05, 4.69) is 10.6 Å². The Bertz CT molecular complexity index is 655. The van der Waals surface area contributed by atoms with Crippen molar-refractivity contribution in [2.45, 2.75) is 18.9 Å². The maximum absolute atomic E-state index is 12.4.